The Morgan fingerprint density at radius 1 is 1.32 bits per heavy atom. The number of esters is 1. The third-order valence-electron chi connectivity index (χ3n) is 3.40. The number of rotatable bonds is 4. The van der Waals surface area contributed by atoms with Crippen LogP contribution >= 0.6 is 0 Å². The summed E-state index contributed by atoms with van der Waals surface area (Å²) in [5.41, 5.74) is 0.973. The van der Waals surface area contributed by atoms with Crippen LogP contribution in [0, 0.1) is 0 Å². The highest BCUT2D eigenvalue weighted by molar-refractivity contribution is 7.85. The van der Waals surface area contributed by atoms with Gasteiger partial charge in [-0.25, -0.2) is 0 Å². The van der Waals surface area contributed by atoms with E-state index in [0.29, 0.717) is 18.1 Å². The number of hydrogen-bond acceptors (Lipinski definition) is 4. The number of nitrogens with zero attached hydrogens (tertiary/aromatic N) is 1. The second kappa shape index (κ2) is 6.82. The van der Waals surface area contributed by atoms with Crippen molar-refractivity contribution in [3.05, 3.63) is 35.9 Å². The first-order chi connectivity index (χ1) is 9.20. The lowest BCUT2D eigenvalue weighted by Crippen LogP contribution is -2.41. The molecule has 1 aromatic rings. The van der Waals surface area contributed by atoms with E-state index in [-0.39, 0.29) is 11.9 Å². The quantitative estimate of drug-likeness (QED) is 0.773. The van der Waals surface area contributed by atoms with Gasteiger partial charge in [-0.1, -0.05) is 30.3 Å². The van der Waals surface area contributed by atoms with Crippen LogP contribution in [-0.4, -0.2) is 53.3 Å². The highest BCUT2D eigenvalue weighted by Crippen LogP contribution is 2.19. The lowest BCUT2D eigenvalue weighted by molar-refractivity contribution is -0.142. The van der Waals surface area contributed by atoms with E-state index in [1.165, 1.54) is 7.11 Å². The van der Waals surface area contributed by atoms with Gasteiger partial charge in [0.05, 0.1) is 13.0 Å². The first kappa shape index (κ1) is 14.2. The van der Waals surface area contributed by atoms with E-state index in [2.05, 4.69) is 4.90 Å². The first-order valence-electron chi connectivity index (χ1n) is 6.41. The molecule has 0 saturated carbocycles. The monoisotopic (exact) mass is 281 g/mol. The van der Waals surface area contributed by atoms with E-state index in [9.17, 15) is 9.00 Å². The Morgan fingerprint density at radius 2 is 1.95 bits per heavy atom. The van der Waals surface area contributed by atoms with Crippen molar-refractivity contribution in [3.8, 4) is 0 Å². The van der Waals surface area contributed by atoms with Crippen molar-refractivity contribution in [2.45, 2.75) is 5.92 Å². The van der Waals surface area contributed by atoms with E-state index in [0.717, 1.165) is 18.7 Å². The Hall–Kier alpha value is -1.20. The summed E-state index contributed by atoms with van der Waals surface area (Å²) in [6, 6.07) is 9.68. The van der Waals surface area contributed by atoms with Gasteiger partial charge in [0.25, 0.3) is 0 Å². The molecule has 104 valence electrons. The number of hydrogen-bond donors (Lipinski definition) is 0. The molecule has 1 aromatic carbocycles. The zero-order valence-electron chi connectivity index (χ0n) is 11.1. The molecule has 1 unspecified atom stereocenters. The van der Waals surface area contributed by atoms with Crippen molar-refractivity contribution in [3.63, 3.8) is 0 Å². The summed E-state index contributed by atoms with van der Waals surface area (Å²) in [7, 11) is 0.730. The summed E-state index contributed by atoms with van der Waals surface area (Å²) in [5, 5.41) is 0. The maximum Gasteiger partial charge on any atom is 0.314 e. The largest absolute Gasteiger partial charge is 0.469 e. The maximum absolute atomic E-state index is 11.9. The lowest BCUT2D eigenvalue weighted by Gasteiger charge is -2.29. The average molecular weight is 281 g/mol. The van der Waals surface area contributed by atoms with Gasteiger partial charge < -0.3 is 9.64 Å². The molecule has 1 aliphatic rings. The molecule has 1 atom stereocenters. The van der Waals surface area contributed by atoms with Gasteiger partial charge in [0, 0.05) is 41.9 Å². The molecule has 0 spiro atoms. The molecule has 4 nitrogen and oxygen atoms in total. The van der Waals surface area contributed by atoms with Crippen LogP contribution in [0.2, 0.25) is 0 Å². The smallest absolute Gasteiger partial charge is 0.314 e. The van der Waals surface area contributed by atoms with Crippen LogP contribution < -0.4 is 0 Å². The summed E-state index contributed by atoms with van der Waals surface area (Å²) in [4.78, 5) is 14.1. The second-order valence-corrected chi connectivity index (χ2v) is 6.33. The van der Waals surface area contributed by atoms with Gasteiger partial charge in [-0.2, -0.15) is 0 Å². The summed E-state index contributed by atoms with van der Waals surface area (Å²) in [5.74, 6) is 0.918. The number of carbonyl (C=O) groups is 1. The first-order valence-corrected chi connectivity index (χ1v) is 7.89. The molecule has 1 heterocycles. The molecule has 0 radical (unpaired) electrons. The SMILES string of the molecule is COC(=O)C(CN1CCS(=O)CC1)c1ccccc1. The molecule has 0 N–H and O–H groups in total. The van der Waals surface area contributed by atoms with Crippen molar-refractivity contribution in [1.29, 1.82) is 0 Å². The van der Waals surface area contributed by atoms with Crippen molar-refractivity contribution in [1.82, 2.24) is 4.90 Å². The van der Waals surface area contributed by atoms with E-state index in [1.807, 2.05) is 30.3 Å². The Kier molecular flexibility index (Phi) is 5.10. The van der Waals surface area contributed by atoms with Gasteiger partial charge in [-0.05, 0) is 5.56 Å². The molecule has 5 heteroatoms. The van der Waals surface area contributed by atoms with Crippen LogP contribution in [0.3, 0.4) is 0 Å². The number of carbonyl (C=O) groups excluding carboxylic acids is 1. The maximum atomic E-state index is 11.9. The predicted molar refractivity (Wildman–Crippen MR) is 75.5 cm³/mol. The van der Waals surface area contributed by atoms with Crippen LogP contribution in [0.4, 0.5) is 0 Å². The predicted octanol–water partition coefficient (Wildman–Crippen LogP) is 1.01. The fourth-order valence-corrected chi connectivity index (χ4v) is 3.39. The number of methoxy groups -OCH3 is 1. The molecule has 1 fully saturated rings. The van der Waals surface area contributed by atoms with Gasteiger partial charge >= 0.3 is 5.97 Å². The fourth-order valence-electron chi connectivity index (χ4n) is 2.26. The second-order valence-electron chi connectivity index (χ2n) is 4.64. The average Bonchev–Trinajstić information content (AvgIpc) is 2.47. The van der Waals surface area contributed by atoms with E-state index in [4.69, 9.17) is 4.74 Å². The van der Waals surface area contributed by atoms with Gasteiger partial charge in [-0.3, -0.25) is 9.00 Å². The van der Waals surface area contributed by atoms with Crippen molar-refractivity contribution < 1.29 is 13.7 Å². The third-order valence-corrected chi connectivity index (χ3v) is 4.67. The molecule has 0 bridgehead atoms. The van der Waals surface area contributed by atoms with Gasteiger partial charge in [-0.15, -0.1) is 0 Å². The standard InChI is InChI=1S/C14H19NO3S/c1-18-14(16)13(12-5-3-2-4-6-12)11-15-7-9-19(17)10-8-15/h2-6,13H,7-11H2,1H3. The van der Waals surface area contributed by atoms with Crippen LogP contribution in [-0.2, 0) is 20.3 Å². The van der Waals surface area contributed by atoms with E-state index < -0.39 is 10.8 Å². The molecular formula is C14H19NO3S. The molecule has 1 aliphatic heterocycles. The Morgan fingerprint density at radius 3 is 2.53 bits per heavy atom. The normalized spacial score (nSPS) is 19.0. The van der Waals surface area contributed by atoms with Gasteiger partial charge in [0.1, 0.15) is 0 Å². The van der Waals surface area contributed by atoms with Crippen molar-refractivity contribution >= 4 is 16.8 Å². The summed E-state index contributed by atoms with van der Waals surface area (Å²) in [6.07, 6.45) is 0. The van der Waals surface area contributed by atoms with Crippen molar-refractivity contribution in [2.75, 3.05) is 38.2 Å². The minimum atomic E-state index is -0.691. The van der Waals surface area contributed by atoms with Gasteiger partial charge in [0.15, 0.2) is 0 Å². The Balaban J connectivity index is 2.06. The van der Waals surface area contributed by atoms with E-state index in [1.54, 1.807) is 0 Å². The lowest BCUT2D eigenvalue weighted by atomic mass is 9.98. The highest BCUT2D eigenvalue weighted by Gasteiger charge is 2.26. The zero-order chi connectivity index (χ0) is 13.7. The number of ether oxygens (including phenoxy) is 1. The Labute approximate surface area is 116 Å². The van der Waals surface area contributed by atoms with Crippen LogP contribution in [0.1, 0.15) is 11.5 Å². The summed E-state index contributed by atoms with van der Waals surface area (Å²) in [6.45, 7) is 2.20. The highest BCUT2D eigenvalue weighted by atomic mass is 32.2. The molecule has 19 heavy (non-hydrogen) atoms. The fraction of sp³-hybridized carbons (Fsp3) is 0.500. The molecule has 0 aromatic heterocycles. The van der Waals surface area contributed by atoms with Crippen LogP contribution in [0.25, 0.3) is 0 Å². The minimum Gasteiger partial charge on any atom is -0.469 e. The number of benzene rings is 1. The molecule has 0 amide bonds. The van der Waals surface area contributed by atoms with Crippen LogP contribution in [0.5, 0.6) is 0 Å². The van der Waals surface area contributed by atoms with Gasteiger partial charge in [0.2, 0.25) is 0 Å². The molecule has 1 saturated heterocycles. The molecular weight excluding hydrogens is 262 g/mol. The molecule has 2 rings (SSSR count). The van der Waals surface area contributed by atoms with Crippen molar-refractivity contribution in [2.24, 2.45) is 0 Å². The zero-order valence-corrected chi connectivity index (χ0v) is 11.9. The summed E-state index contributed by atoms with van der Waals surface area (Å²) < 4.78 is 16.3. The van der Waals surface area contributed by atoms with Crippen LogP contribution in [0.15, 0.2) is 30.3 Å². The molecule has 0 aliphatic carbocycles. The minimum absolute atomic E-state index is 0.210. The van der Waals surface area contributed by atoms with E-state index >= 15 is 0 Å². The third kappa shape index (κ3) is 3.88. The topological polar surface area (TPSA) is 46.6 Å². The Bertz CT molecular complexity index is 439. The summed E-state index contributed by atoms with van der Waals surface area (Å²) >= 11 is 0.